The second kappa shape index (κ2) is 7.97. The Bertz CT molecular complexity index is 597. The van der Waals surface area contributed by atoms with E-state index < -0.39 is 0 Å². The lowest BCUT2D eigenvalue weighted by atomic mass is 9.79. The van der Waals surface area contributed by atoms with Crippen molar-refractivity contribution in [1.82, 2.24) is 10.6 Å². The summed E-state index contributed by atoms with van der Waals surface area (Å²) >= 11 is 0. The van der Waals surface area contributed by atoms with Gasteiger partial charge in [-0.25, -0.2) is 4.79 Å². The van der Waals surface area contributed by atoms with Crippen LogP contribution in [0.1, 0.15) is 56.4 Å². The number of alkyl carbamates (subject to hydrolysis) is 1. The maximum atomic E-state index is 11.8. The van der Waals surface area contributed by atoms with E-state index in [1.165, 1.54) is 18.4 Å². The Labute approximate surface area is 155 Å². The Kier molecular flexibility index (Phi) is 5.46. The van der Waals surface area contributed by atoms with Crippen molar-refractivity contribution in [2.45, 2.75) is 68.5 Å². The summed E-state index contributed by atoms with van der Waals surface area (Å²) in [5, 5.41) is 6.67. The quantitative estimate of drug-likeness (QED) is 0.867. The molecule has 2 saturated heterocycles. The van der Waals surface area contributed by atoms with Crippen molar-refractivity contribution in [3.05, 3.63) is 35.9 Å². The Balaban J connectivity index is 1.29. The highest BCUT2D eigenvalue weighted by Gasteiger charge is 2.44. The van der Waals surface area contributed by atoms with Gasteiger partial charge in [0, 0.05) is 6.42 Å². The zero-order valence-corrected chi connectivity index (χ0v) is 15.4. The van der Waals surface area contributed by atoms with E-state index in [9.17, 15) is 4.79 Å². The summed E-state index contributed by atoms with van der Waals surface area (Å²) in [5.74, 6) is 0.671. The summed E-state index contributed by atoms with van der Waals surface area (Å²) in [7, 11) is 0. The summed E-state index contributed by atoms with van der Waals surface area (Å²) in [5.41, 5.74) is 1.26. The van der Waals surface area contributed by atoms with Crippen LogP contribution >= 0.6 is 0 Å². The van der Waals surface area contributed by atoms with Gasteiger partial charge in [-0.2, -0.15) is 0 Å². The van der Waals surface area contributed by atoms with Gasteiger partial charge in [-0.15, -0.1) is 0 Å². The molecule has 4 rings (SSSR count). The van der Waals surface area contributed by atoms with Gasteiger partial charge in [0.05, 0.1) is 30.9 Å². The van der Waals surface area contributed by atoms with Crippen LogP contribution in [0.25, 0.3) is 0 Å². The lowest BCUT2D eigenvalue weighted by Gasteiger charge is -2.47. The van der Waals surface area contributed by atoms with Gasteiger partial charge >= 0.3 is 6.09 Å². The zero-order chi connectivity index (χ0) is 17.8. The first-order valence-corrected chi connectivity index (χ1v) is 10.1. The summed E-state index contributed by atoms with van der Waals surface area (Å²) in [6.45, 7) is 2.17. The van der Waals surface area contributed by atoms with Gasteiger partial charge in [0.15, 0.2) is 0 Å². The normalized spacial score (nSPS) is 34.9. The molecule has 1 aromatic rings. The third kappa shape index (κ3) is 3.89. The maximum absolute atomic E-state index is 11.8. The molecule has 1 aliphatic carbocycles. The van der Waals surface area contributed by atoms with Crippen LogP contribution in [0.15, 0.2) is 30.3 Å². The Morgan fingerprint density at radius 3 is 2.69 bits per heavy atom. The van der Waals surface area contributed by atoms with E-state index in [4.69, 9.17) is 9.47 Å². The third-order valence-electron chi connectivity index (χ3n) is 6.43. The zero-order valence-electron chi connectivity index (χ0n) is 15.4. The molecule has 0 radical (unpaired) electrons. The van der Waals surface area contributed by atoms with Gasteiger partial charge < -0.3 is 20.1 Å². The Morgan fingerprint density at radius 1 is 1.12 bits per heavy atom. The number of benzene rings is 1. The maximum Gasteiger partial charge on any atom is 0.407 e. The van der Waals surface area contributed by atoms with Crippen molar-refractivity contribution in [1.29, 1.82) is 0 Å². The molecule has 2 N–H and O–H groups in total. The van der Waals surface area contributed by atoms with E-state index >= 15 is 0 Å². The van der Waals surface area contributed by atoms with Gasteiger partial charge in [0.25, 0.3) is 0 Å². The van der Waals surface area contributed by atoms with Gasteiger partial charge in [0.2, 0.25) is 0 Å². The van der Waals surface area contributed by atoms with E-state index in [2.05, 4.69) is 41.0 Å². The molecule has 2 heterocycles. The highest BCUT2D eigenvalue weighted by Crippen LogP contribution is 2.35. The number of rotatable bonds is 4. The third-order valence-corrected chi connectivity index (χ3v) is 6.43. The van der Waals surface area contributed by atoms with Crippen molar-refractivity contribution in [3.63, 3.8) is 0 Å². The van der Waals surface area contributed by atoms with Crippen LogP contribution < -0.4 is 10.6 Å². The van der Waals surface area contributed by atoms with E-state index in [1.807, 2.05) is 0 Å². The van der Waals surface area contributed by atoms with Gasteiger partial charge in [-0.1, -0.05) is 30.3 Å². The van der Waals surface area contributed by atoms with Crippen molar-refractivity contribution in [2.75, 3.05) is 19.8 Å². The fourth-order valence-corrected chi connectivity index (χ4v) is 4.87. The van der Waals surface area contributed by atoms with E-state index in [0.717, 1.165) is 38.6 Å². The van der Waals surface area contributed by atoms with Crippen LogP contribution in [0.4, 0.5) is 4.79 Å². The first-order valence-electron chi connectivity index (χ1n) is 10.1. The van der Waals surface area contributed by atoms with Crippen LogP contribution in [0, 0.1) is 0 Å². The molecule has 5 nitrogen and oxygen atoms in total. The summed E-state index contributed by atoms with van der Waals surface area (Å²) in [6, 6.07) is 11.0. The second-order valence-electron chi connectivity index (χ2n) is 7.99. The molecule has 0 unspecified atom stereocenters. The highest BCUT2D eigenvalue weighted by atomic mass is 16.6. The molecule has 3 aliphatic rings. The summed E-state index contributed by atoms with van der Waals surface area (Å²) in [4.78, 5) is 11.8. The fraction of sp³-hybridized carbons (Fsp3) is 0.667. The monoisotopic (exact) mass is 358 g/mol. The highest BCUT2D eigenvalue weighted by molar-refractivity contribution is 5.69. The van der Waals surface area contributed by atoms with Crippen molar-refractivity contribution < 1.29 is 14.3 Å². The van der Waals surface area contributed by atoms with Crippen LogP contribution in [-0.4, -0.2) is 43.5 Å². The first-order chi connectivity index (χ1) is 12.8. The number of cyclic esters (lactones) is 1. The van der Waals surface area contributed by atoms with E-state index in [0.29, 0.717) is 25.2 Å². The lowest BCUT2D eigenvalue weighted by molar-refractivity contribution is -0.0219. The number of ether oxygens (including phenoxy) is 2. The van der Waals surface area contributed by atoms with Crippen molar-refractivity contribution >= 4 is 6.09 Å². The molecule has 1 aromatic carbocycles. The minimum atomic E-state index is -0.284. The Hall–Kier alpha value is -1.59. The lowest BCUT2D eigenvalue weighted by Crippen LogP contribution is -2.68. The number of carbonyl (C=O) groups is 1. The average molecular weight is 358 g/mol. The van der Waals surface area contributed by atoms with Gasteiger partial charge in [-0.05, 0) is 56.6 Å². The second-order valence-corrected chi connectivity index (χ2v) is 7.99. The minimum absolute atomic E-state index is 0.177. The van der Waals surface area contributed by atoms with E-state index in [-0.39, 0.29) is 17.7 Å². The topological polar surface area (TPSA) is 59.6 Å². The SMILES string of the molecule is O=C1N[C@@]2(CCCN[C@@H]2COC2CCC(c3ccccc3)CC2)CCO1. The number of nitrogens with one attached hydrogen (secondary N) is 2. The Morgan fingerprint density at radius 2 is 1.92 bits per heavy atom. The fourth-order valence-electron chi connectivity index (χ4n) is 4.87. The van der Waals surface area contributed by atoms with E-state index in [1.54, 1.807) is 0 Å². The standard InChI is InChI=1S/C21H30N2O3/c24-20-23-21(12-14-25-20)11-4-13-22-19(21)15-26-18-9-7-17(8-10-18)16-5-2-1-3-6-16/h1-3,5-6,17-19,22H,4,7-15H2,(H,23,24)/t17?,18?,19-,21+/m1/s1. The summed E-state index contributed by atoms with van der Waals surface area (Å²) in [6.07, 6.45) is 7.64. The number of hydrogen-bond donors (Lipinski definition) is 2. The van der Waals surface area contributed by atoms with Crippen molar-refractivity contribution in [2.24, 2.45) is 0 Å². The molecular weight excluding hydrogens is 328 g/mol. The molecule has 0 aromatic heterocycles. The number of carbonyl (C=O) groups excluding carboxylic acids is 1. The molecule has 142 valence electrons. The largest absolute Gasteiger partial charge is 0.449 e. The van der Waals surface area contributed by atoms with Crippen LogP contribution in [0.2, 0.25) is 0 Å². The smallest absolute Gasteiger partial charge is 0.407 e. The molecule has 1 amide bonds. The average Bonchev–Trinajstić information content (AvgIpc) is 2.68. The molecule has 1 spiro atoms. The molecular formula is C21H30N2O3. The predicted molar refractivity (Wildman–Crippen MR) is 100 cm³/mol. The predicted octanol–water partition coefficient (Wildman–Crippen LogP) is 3.35. The number of hydrogen-bond acceptors (Lipinski definition) is 4. The molecule has 1 saturated carbocycles. The van der Waals surface area contributed by atoms with Crippen LogP contribution in [0.5, 0.6) is 0 Å². The van der Waals surface area contributed by atoms with Crippen molar-refractivity contribution in [3.8, 4) is 0 Å². The molecule has 26 heavy (non-hydrogen) atoms. The molecule has 2 atom stereocenters. The molecule has 0 bridgehead atoms. The van der Waals surface area contributed by atoms with Crippen LogP contribution in [0.3, 0.4) is 0 Å². The minimum Gasteiger partial charge on any atom is -0.449 e. The molecule has 3 fully saturated rings. The van der Waals surface area contributed by atoms with Gasteiger partial charge in [0.1, 0.15) is 0 Å². The molecule has 2 aliphatic heterocycles. The number of piperidine rings is 1. The van der Waals surface area contributed by atoms with Crippen LogP contribution in [-0.2, 0) is 9.47 Å². The summed E-state index contributed by atoms with van der Waals surface area (Å²) < 4.78 is 11.4. The molecule has 5 heteroatoms. The van der Waals surface area contributed by atoms with Gasteiger partial charge in [-0.3, -0.25) is 0 Å². The number of amides is 1. The first kappa shape index (κ1) is 17.8.